The van der Waals surface area contributed by atoms with Crippen molar-refractivity contribution in [3.63, 3.8) is 0 Å². The van der Waals surface area contributed by atoms with Crippen LogP contribution in [-0.2, 0) is 13.1 Å². The Morgan fingerprint density at radius 3 is 2.78 bits per heavy atom. The molecule has 102 valence electrons. The number of alkyl halides is 3. The van der Waals surface area contributed by atoms with Crippen LogP contribution in [0.3, 0.4) is 0 Å². The van der Waals surface area contributed by atoms with Gasteiger partial charge in [0.15, 0.2) is 5.96 Å². The van der Waals surface area contributed by atoms with Gasteiger partial charge >= 0.3 is 6.18 Å². The highest BCUT2D eigenvalue weighted by Crippen LogP contribution is 2.18. The van der Waals surface area contributed by atoms with Crippen molar-refractivity contribution in [2.24, 2.45) is 10.7 Å². The lowest BCUT2D eigenvalue weighted by Gasteiger charge is -2.10. The molecule has 0 aromatic carbocycles. The maximum absolute atomic E-state index is 12.2. The van der Waals surface area contributed by atoms with Gasteiger partial charge in [0, 0.05) is 18.4 Å². The number of rotatable bonds is 4. The summed E-state index contributed by atoms with van der Waals surface area (Å²) in [5.41, 5.74) is 5.55. The maximum atomic E-state index is 12.2. The van der Waals surface area contributed by atoms with Crippen molar-refractivity contribution in [1.29, 1.82) is 0 Å². The van der Waals surface area contributed by atoms with Crippen LogP contribution in [0, 0.1) is 0 Å². The Labute approximate surface area is 103 Å². The van der Waals surface area contributed by atoms with Crippen molar-refractivity contribution in [2.45, 2.75) is 39.2 Å². The molecular weight excluding hydrogens is 247 g/mol. The quantitative estimate of drug-likeness (QED) is 0.634. The molecule has 0 saturated carbocycles. The molecule has 0 atom stereocenters. The van der Waals surface area contributed by atoms with Crippen LogP contribution < -0.4 is 11.1 Å². The standard InChI is InChI=1S/C10H16F3N5/c1-7(2)17-9(14)16-5-8-15-3-4-18(8)6-10(11,12)13/h3-4,7H,5-6H2,1-2H3,(H3,14,16,17). The number of guanidine groups is 1. The van der Waals surface area contributed by atoms with Crippen LogP contribution >= 0.6 is 0 Å². The van der Waals surface area contributed by atoms with Gasteiger partial charge in [0.25, 0.3) is 0 Å². The number of nitrogens with one attached hydrogen (secondary N) is 1. The minimum Gasteiger partial charge on any atom is -0.370 e. The second-order valence-corrected chi connectivity index (χ2v) is 4.09. The SMILES string of the molecule is CC(C)NC(N)=NCc1nccn1CC(F)(F)F. The molecule has 8 heteroatoms. The third-order valence-electron chi connectivity index (χ3n) is 1.98. The Bertz CT molecular complexity index is 408. The molecule has 3 N–H and O–H groups in total. The van der Waals surface area contributed by atoms with Crippen molar-refractivity contribution < 1.29 is 13.2 Å². The van der Waals surface area contributed by atoms with Crippen LogP contribution in [-0.4, -0.2) is 27.7 Å². The fraction of sp³-hybridized carbons (Fsp3) is 0.600. The number of hydrogen-bond acceptors (Lipinski definition) is 2. The van der Waals surface area contributed by atoms with Crippen LogP contribution in [0.2, 0.25) is 0 Å². The van der Waals surface area contributed by atoms with Crippen molar-refractivity contribution >= 4 is 5.96 Å². The van der Waals surface area contributed by atoms with E-state index in [1.165, 1.54) is 12.4 Å². The molecule has 0 aliphatic heterocycles. The van der Waals surface area contributed by atoms with Crippen molar-refractivity contribution in [2.75, 3.05) is 0 Å². The Kier molecular flexibility index (Phi) is 4.57. The van der Waals surface area contributed by atoms with Gasteiger partial charge in [0.1, 0.15) is 18.9 Å². The summed E-state index contributed by atoms with van der Waals surface area (Å²) in [6.07, 6.45) is -1.70. The molecule has 0 radical (unpaired) electrons. The Morgan fingerprint density at radius 1 is 1.56 bits per heavy atom. The second-order valence-electron chi connectivity index (χ2n) is 4.09. The van der Waals surface area contributed by atoms with Gasteiger partial charge in [-0.05, 0) is 13.8 Å². The van der Waals surface area contributed by atoms with Gasteiger partial charge in [-0.25, -0.2) is 9.98 Å². The number of hydrogen-bond donors (Lipinski definition) is 2. The van der Waals surface area contributed by atoms with E-state index in [2.05, 4.69) is 15.3 Å². The van der Waals surface area contributed by atoms with Crippen LogP contribution in [0.15, 0.2) is 17.4 Å². The first-order valence-electron chi connectivity index (χ1n) is 5.41. The van der Waals surface area contributed by atoms with Crippen LogP contribution in [0.5, 0.6) is 0 Å². The molecule has 5 nitrogen and oxygen atoms in total. The van der Waals surface area contributed by atoms with E-state index in [-0.39, 0.29) is 24.4 Å². The number of imidazole rings is 1. The van der Waals surface area contributed by atoms with E-state index in [0.29, 0.717) is 0 Å². The molecule has 1 aromatic rings. The lowest BCUT2D eigenvalue weighted by Crippen LogP contribution is -2.36. The minimum atomic E-state index is -4.28. The summed E-state index contributed by atoms with van der Waals surface area (Å²) in [6, 6.07) is 0.115. The van der Waals surface area contributed by atoms with Gasteiger partial charge < -0.3 is 15.6 Å². The summed E-state index contributed by atoms with van der Waals surface area (Å²) >= 11 is 0. The van der Waals surface area contributed by atoms with Gasteiger partial charge in [-0.1, -0.05) is 0 Å². The van der Waals surface area contributed by atoms with E-state index >= 15 is 0 Å². The van der Waals surface area contributed by atoms with E-state index in [1.807, 2.05) is 13.8 Å². The minimum absolute atomic E-state index is 0.00856. The molecule has 1 aromatic heterocycles. The number of halogens is 3. The number of aliphatic imine (C=N–C) groups is 1. The van der Waals surface area contributed by atoms with E-state index < -0.39 is 12.7 Å². The summed E-state index contributed by atoms with van der Waals surface area (Å²) in [5, 5.41) is 2.84. The average Bonchev–Trinajstić information content (AvgIpc) is 2.58. The van der Waals surface area contributed by atoms with Crippen LogP contribution in [0.25, 0.3) is 0 Å². The predicted molar refractivity (Wildman–Crippen MR) is 61.9 cm³/mol. The number of aromatic nitrogens is 2. The Morgan fingerprint density at radius 2 is 2.22 bits per heavy atom. The summed E-state index contributed by atoms with van der Waals surface area (Å²) < 4.78 is 37.8. The van der Waals surface area contributed by atoms with Gasteiger partial charge in [-0.3, -0.25) is 0 Å². The molecule has 0 amide bonds. The largest absolute Gasteiger partial charge is 0.406 e. The average molecular weight is 263 g/mol. The summed E-state index contributed by atoms with van der Waals surface area (Å²) in [7, 11) is 0. The normalized spacial score (nSPS) is 13.1. The van der Waals surface area contributed by atoms with Gasteiger partial charge in [0.2, 0.25) is 0 Å². The highest BCUT2D eigenvalue weighted by Gasteiger charge is 2.28. The molecular formula is C10H16F3N5. The zero-order valence-electron chi connectivity index (χ0n) is 10.2. The van der Waals surface area contributed by atoms with Crippen molar-refractivity contribution in [3.05, 3.63) is 18.2 Å². The summed E-state index contributed by atoms with van der Waals surface area (Å²) in [6.45, 7) is 2.70. The highest BCUT2D eigenvalue weighted by atomic mass is 19.4. The first-order chi connectivity index (χ1) is 8.28. The zero-order chi connectivity index (χ0) is 13.8. The molecule has 18 heavy (non-hydrogen) atoms. The third kappa shape index (κ3) is 5.07. The van der Waals surface area contributed by atoms with Gasteiger partial charge in [0.05, 0.1) is 0 Å². The molecule has 0 aliphatic rings. The number of nitrogens with two attached hydrogens (primary N) is 1. The lowest BCUT2D eigenvalue weighted by atomic mass is 10.4. The smallest absolute Gasteiger partial charge is 0.370 e. The first kappa shape index (κ1) is 14.3. The van der Waals surface area contributed by atoms with Crippen LogP contribution in [0.1, 0.15) is 19.7 Å². The lowest BCUT2D eigenvalue weighted by molar-refractivity contribution is -0.141. The maximum Gasteiger partial charge on any atom is 0.406 e. The molecule has 0 aliphatic carbocycles. The van der Waals surface area contributed by atoms with Gasteiger partial charge in [-0.2, -0.15) is 13.2 Å². The monoisotopic (exact) mass is 263 g/mol. The van der Waals surface area contributed by atoms with Crippen molar-refractivity contribution in [1.82, 2.24) is 14.9 Å². The van der Waals surface area contributed by atoms with E-state index in [4.69, 9.17) is 5.73 Å². The highest BCUT2D eigenvalue weighted by molar-refractivity contribution is 5.77. The molecule has 0 saturated heterocycles. The summed E-state index contributed by atoms with van der Waals surface area (Å²) in [4.78, 5) is 7.75. The fourth-order valence-electron chi connectivity index (χ4n) is 1.33. The Hall–Kier alpha value is -1.73. The molecule has 0 fully saturated rings. The van der Waals surface area contributed by atoms with Crippen LogP contribution in [0.4, 0.5) is 13.2 Å². The van der Waals surface area contributed by atoms with E-state index in [0.717, 1.165) is 4.57 Å². The van der Waals surface area contributed by atoms with Gasteiger partial charge in [-0.15, -0.1) is 0 Å². The Balaban J connectivity index is 2.66. The van der Waals surface area contributed by atoms with Crippen molar-refractivity contribution in [3.8, 4) is 0 Å². The predicted octanol–water partition coefficient (Wildman–Crippen LogP) is 1.26. The topological polar surface area (TPSA) is 68.2 Å². The molecule has 0 unspecified atom stereocenters. The second kappa shape index (κ2) is 5.74. The summed E-state index contributed by atoms with van der Waals surface area (Å²) in [5.74, 6) is 0.410. The molecule has 1 heterocycles. The van der Waals surface area contributed by atoms with E-state index in [1.54, 1.807) is 0 Å². The number of nitrogens with zero attached hydrogens (tertiary/aromatic N) is 3. The molecule has 0 bridgehead atoms. The first-order valence-corrected chi connectivity index (χ1v) is 5.41. The molecule has 1 rings (SSSR count). The third-order valence-corrected chi connectivity index (χ3v) is 1.98. The zero-order valence-corrected chi connectivity index (χ0v) is 10.2. The molecule has 0 spiro atoms. The fourth-order valence-corrected chi connectivity index (χ4v) is 1.33. The van der Waals surface area contributed by atoms with E-state index in [9.17, 15) is 13.2 Å².